The van der Waals surface area contributed by atoms with Gasteiger partial charge in [-0.25, -0.2) is 5.57 Å². The molecule has 2 heteroatoms. The summed E-state index contributed by atoms with van der Waals surface area (Å²) < 4.78 is 0. The van der Waals surface area contributed by atoms with Crippen molar-refractivity contribution < 1.29 is 21.7 Å². The van der Waals surface area contributed by atoms with Gasteiger partial charge in [0, 0.05) is 32.0 Å². The van der Waals surface area contributed by atoms with Gasteiger partial charge in [-0.3, -0.25) is 6.08 Å². The van der Waals surface area contributed by atoms with E-state index in [9.17, 15) is 0 Å². The first-order valence-corrected chi connectivity index (χ1v) is 6.56. The van der Waals surface area contributed by atoms with E-state index in [4.69, 9.17) is 0 Å². The molecular formula is C11H17SiTi-. The topological polar surface area (TPSA) is 0 Å². The summed E-state index contributed by atoms with van der Waals surface area (Å²) in [5.74, 6) is 0.743. The largest absolute Gasteiger partial charge is 0.266 e. The van der Waals surface area contributed by atoms with E-state index in [1.54, 1.807) is 11.1 Å². The molecule has 0 radical (unpaired) electrons. The zero-order valence-electron chi connectivity index (χ0n) is 8.61. The van der Waals surface area contributed by atoms with Crippen LogP contribution in [0.2, 0.25) is 6.04 Å². The van der Waals surface area contributed by atoms with Crippen LogP contribution in [0, 0.1) is 12.0 Å². The Morgan fingerprint density at radius 2 is 2.08 bits per heavy atom. The standard InChI is InChI=1S/C11H17Si.Ti/c1-8-6-9(7-12)11-5-3-2-4-10(8)11;/h9H,2-5,7H2,1,12H3;/q-1;. The third kappa shape index (κ3) is 2.08. The van der Waals surface area contributed by atoms with E-state index in [1.807, 2.05) is 0 Å². The van der Waals surface area contributed by atoms with E-state index >= 15 is 0 Å². The van der Waals surface area contributed by atoms with Crippen LogP contribution in [0.4, 0.5) is 0 Å². The Bertz CT molecular complexity index is 253. The molecule has 0 aromatic heterocycles. The van der Waals surface area contributed by atoms with Crippen LogP contribution < -0.4 is 0 Å². The van der Waals surface area contributed by atoms with Crippen LogP contribution in [-0.4, -0.2) is 10.2 Å². The summed E-state index contributed by atoms with van der Waals surface area (Å²) in [6.07, 6.45) is 9.16. The molecule has 0 aliphatic heterocycles. The SMILES string of the molecule is CC1=[C-]C(C[SiH3])C2=C1CCCC2.[Ti]. The predicted octanol–water partition coefficient (Wildman–Crippen LogP) is 2.02. The van der Waals surface area contributed by atoms with Crippen molar-refractivity contribution in [3.8, 4) is 0 Å². The summed E-state index contributed by atoms with van der Waals surface area (Å²) in [5.41, 5.74) is 4.92. The summed E-state index contributed by atoms with van der Waals surface area (Å²) in [6, 6.07) is 1.39. The molecule has 0 saturated heterocycles. The van der Waals surface area contributed by atoms with Crippen LogP contribution in [0.1, 0.15) is 32.6 Å². The van der Waals surface area contributed by atoms with Crippen LogP contribution in [0.25, 0.3) is 0 Å². The number of hydrogen-bond acceptors (Lipinski definition) is 0. The summed E-state index contributed by atoms with van der Waals surface area (Å²) in [7, 11) is 1.32. The minimum absolute atomic E-state index is 0. The van der Waals surface area contributed by atoms with Crippen LogP contribution in [-0.2, 0) is 21.7 Å². The molecule has 0 fully saturated rings. The zero-order valence-corrected chi connectivity index (χ0v) is 12.2. The molecule has 0 spiro atoms. The average Bonchev–Trinajstić information content (AvgIpc) is 2.44. The van der Waals surface area contributed by atoms with Crippen molar-refractivity contribution in [3.63, 3.8) is 0 Å². The van der Waals surface area contributed by atoms with Gasteiger partial charge in [0.1, 0.15) is 0 Å². The minimum Gasteiger partial charge on any atom is -0.266 e. The second-order valence-electron chi connectivity index (χ2n) is 3.94. The molecule has 0 amide bonds. The molecule has 2 aliphatic carbocycles. The molecule has 1 unspecified atom stereocenters. The molecule has 70 valence electrons. The Morgan fingerprint density at radius 1 is 1.38 bits per heavy atom. The molecule has 2 aliphatic rings. The Hall–Kier alpha value is 0.411. The molecule has 2 rings (SSSR count). The van der Waals surface area contributed by atoms with E-state index in [2.05, 4.69) is 13.0 Å². The van der Waals surface area contributed by atoms with Crippen LogP contribution in [0.5, 0.6) is 0 Å². The molecule has 0 N–H and O–H groups in total. The van der Waals surface area contributed by atoms with E-state index in [0.29, 0.717) is 0 Å². The van der Waals surface area contributed by atoms with Crippen molar-refractivity contribution in [2.75, 3.05) is 0 Å². The van der Waals surface area contributed by atoms with Crippen molar-refractivity contribution in [2.45, 2.75) is 38.7 Å². The first-order valence-electron chi connectivity index (χ1n) is 5.15. The second kappa shape index (κ2) is 4.77. The molecule has 13 heavy (non-hydrogen) atoms. The van der Waals surface area contributed by atoms with Gasteiger partial charge in [0.2, 0.25) is 0 Å². The Kier molecular flexibility index (Phi) is 4.21. The quantitative estimate of drug-likeness (QED) is 0.473. The van der Waals surface area contributed by atoms with Crippen LogP contribution >= 0.6 is 0 Å². The van der Waals surface area contributed by atoms with Crippen LogP contribution in [0.3, 0.4) is 0 Å². The normalized spacial score (nSPS) is 26.8. The first-order chi connectivity index (χ1) is 5.83. The van der Waals surface area contributed by atoms with Crippen molar-refractivity contribution in [1.29, 1.82) is 0 Å². The van der Waals surface area contributed by atoms with Crippen molar-refractivity contribution in [2.24, 2.45) is 5.92 Å². The van der Waals surface area contributed by atoms with Gasteiger partial charge in [0.15, 0.2) is 0 Å². The number of allylic oxidation sites excluding steroid dienone is 4. The van der Waals surface area contributed by atoms with E-state index < -0.39 is 0 Å². The summed E-state index contributed by atoms with van der Waals surface area (Å²) in [6.45, 7) is 2.25. The van der Waals surface area contributed by atoms with Gasteiger partial charge < -0.3 is 0 Å². The molecule has 0 nitrogen and oxygen atoms in total. The molecule has 0 aromatic rings. The fraction of sp³-hybridized carbons (Fsp3) is 0.636. The number of rotatable bonds is 1. The van der Waals surface area contributed by atoms with Gasteiger partial charge in [-0.2, -0.15) is 11.1 Å². The van der Waals surface area contributed by atoms with Gasteiger partial charge >= 0.3 is 0 Å². The van der Waals surface area contributed by atoms with Crippen LogP contribution in [0.15, 0.2) is 16.7 Å². The summed E-state index contributed by atoms with van der Waals surface area (Å²) in [5, 5.41) is 0. The molecule has 1 atom stereocenters. The Morgan fingerprint density at radius 3 is 2.77 bits per heavy atom. The summed E-state index contributed by atoms with van der Waals surface area (Å²) in [4.78, 5) is 0. The fourth-order valence-electron chi connectivity index (χ4n) is 2.53. The molecule has 0 aromatic carbocycles. The van der Waals surface area contributed by atoms with Gasteiger partial charge in [-0.15, -0.1) is 0 Å². The molecule has 0 heterocycles. The monoisotopic (exact) mass is 225 g/mol. The summed E-state index contributed by atoms with van der Waals surface area (Å²) >= 11 is 0. The Balaban J connectivity index is 0.000000845. The van der Waals surface area contributed by atoms with E-state index in [1.165, 1.54) is 47.5 Å². The Labute approximate surface area is 99.2 Å². The minimum atomic E-state index is 0. The van der Waals surface area contributed by atoms with Crippen molar-refractivity contribution in [3.05, 3.63) is 22.8 Å². The predicted molar refractivity (Wildman–Crippen MR) is 56.2 cm³/mol. The third-order valence-electron chi connectivity index (χ3n) is 3.18. The molecule has 0 bridgehead atoms. The van der Waals surface area contributed by atoms with Gasteiger partial charge in [-0.1, -0.05) is 38.1 Å². The molecule has 0 saturated carbocycles. The van der Waals surface area contributed by atoms with Crippen molar-refractivity contribution >= 4 is 10.2 Å². The maximum Gasteiger partial charge on any atom is 0.00194 e. The smallest absolute Gasteiger partial charge is 0.00194 e. The molecular weight excluding hydrogens is 208 g/mol. The van der Waals surface area contributed by atoms with Crippen molar-refractivity contribution in [1.82, 2.24) is 0 Å². The van der Waals surface area contributed by atoms with Gasteiger partial charge in [0.25, 0.3) is 0 Å². The second-order valence-corrected chi connectivity index (χ2v) is 4.76. The third-order valence-corrected chi connectivity index (χ3v) is 4.00. The van der Waals surface area contributed by atoms with Gasteiger partial charge in [-0.05, 0) is 6.42 Å². The first kappa shape index (κ1) is 11.5. The maximum absolute atomic E-state index is 3.62. The zero-order chi connectivity index (χ0) is 8.55. The number of hydrogen-bond donors (Lipinski definition) is 0. The average molecular weight is 225 g/mol. The van der Waals surface area contributed by atoms with E-state index in [-0.39, 0.29) is 21.7 Å². The maximum atomic E-state index is 3.62. The fourth-order valence-corrected chi connectivity index (χ4v) is 3.22. The van der Waals surface area contributed by atoms with E-state index in [0.717, 1.165) is 5.92 Å². The van der Waals surface area contributed by atoms with Gasteiger partial charge in [0.05, 0.1) is 0 Å².